The van der Waals surface area contributed by atoms with E-state index in [4.69, 9.17) is 5.73 Å². The predicted octanol–water partition coefficient (Wildman–Crippen LogP) is 2.19. The number of rotatable bonds is 7. The molecule has 2 aromatic rings. The van der Waals surface area contributed by atoms with Gasteiger partial charge in [0.25, 0.3) is 5.91 Å². The number of carbonyl (C=O) groups excluding carboxylic acids is 2. The van der Waals surface area contributed by atoms with E-state index in [1.807, 2.05) is 30.3 Å². The van der Waals surface area contributed by atoms with E-state index in [1.165, 1.54) is 22.7 Å². The van der Waals surface area contributed by atoms with E-state index in [0.29, 0.717) is 6.42 Å². The van der Waals surface area contributed by atoms with Crippen molar-refractivity contribution in [2.75, 3.05) is 5.88 Å². The van der Waals surface area contributed by atoms with Gasteiger partial charge in [-0.15, -0.1) is 11.8 Å². The third kappa shape index (κ3) is 5.28. The Morgan fingerprint density at radius 3 is 2.44 bits per heavy atom. The van der Waals surface area contributed by atoms with Crippen LogP contribution in [0.25, 0.3) is 0 Å². The molecule has 2 unspecified atom stereocenters. The monoisotopic (exact) mass is 463 g/mol. The zero-order chi connectivity index (χ0) is 23.5. The van der Waals surface area contributed by atoms with Gasteiger partial charge in [-0.1, -0.05) is 36.4 Å². The first-order valence-corrected chi connectivity index (χ1v) is 11.2. The minimum Gasteiger partial charge on any atom is -0.382 e. The maximum absolute atomic E-state index is 13.9. The molecule has 32 heavy (non-hydrogen) atoms. The standard InChI is InChI=1S/C23H27F2N3O3S/c1-23(2)20(21(30)27-12-15-16(24)9-6-10-17(15)25)28(13-32-23)22(31)19(29)18(26)11-14-7-4-3-5-8-14/h3-10,18-20,29H,11-13,26H2,1-2H3,(H,27,30)/t18?,19-,20?/m0/s1. The van der Waals surface area contributed by atoms with Crippen molar-refractivity contribution in [3.63, 3.8) is 0 Å². The normalized spacial score (nSPS) is 19.4. The zero-order valence-corrected chi connectivity index (χ0v) is 18.7. The lowest BCUT2D eigenvalue weighted by Crippen LogP contribution is -2.57. The lowest BCUT2D eigenvalue weighted by Gasteiger charge is -2.32. The van der Waals surface area contributed by atoms with E-state index in [2.05, 4.69) is 5.32 Å². The number of thioether (sulfide) groups is 1. The van der Waals surface area contributed by atoms with Gasteiger partial charge in [-0.05, 0) is 38.0 Å². The first kappa shape index (κ1) is 24.2. The molecule has 2 amide bonds. The molecule has 0 bridgehead atoms. The molecule has 1 heterocycles. The number of nitrogens with one attached hydrogen (secondary N) is 1. The van der Waals surface area contributed by atoms with Crippen LogP contribution in [-0.2, 0) is 22.6 Å². The van der Waals surface area contributed by atoms with E-state index in [1.54, 1.807) is 13.8 Å². The second-order valence-electron chi connectivity index (χ2n) is 8.30. The number of nitrogens with zero attached hydrogens (tertiary/aromatic N) is 1. The third-order valence-electron chi connectivity index (χ3n) is 5.55. The highest BCUT2D eigenvalue weighted by atomic mass is 32.2. The van der Waals surface area contributed by atoms with E-state index in [9.17, 15) is 23.5 Å². The number of amides is 2. The molecule has 0 spiro atoms. The fraction of sp³-hybridized carbons (Fsp3) is 0.391. The van der Waals surface area contributed by atoms with Crippen LogP contribution in [0.2, 0.25) is 0 Å². The third-order valence-corrected chi connectivity index (χ3v) is 6.93. The van der Waals surface area contributed by atoms with Crippen molar-refractivity contribution < 1.29 is 23.5 Å². The van der Waals surface area contributed by atoms with E-state index < -0.39 is 46.4 Å². The summed E-state index contributed by atoms with van der Waals surface area (Å²) in [6, 6.07) is 10.9. The van der Waals surface area contributed by atoms with Crippen LogP contribution in [0.5, 0.6) is 0 Å². The van der Waals surface area contributed by atoms with Crippen molar-refractivity contribution in [3.05, 3.63) is 71.3 Å². The van der Waals surface area contributed by atoms with Crippen LogP contribution in [0.4, 0.5) is 8.78 Å². The summed E-state index contributed by atoms with van der Waals surface area (Å²) in [5.74, 6) is -2.54. The number of halogens is 2. The van der Waals surface area contributed by atoms with Crippen LogP contribution in [0.15, 0.2) is 48.5 Å². The number of nitrogens with two attached hydrogens (primary N) is 1. The summed E-state index contributed by atoms with van der Waals surface area (Å²) in [6.45, 7) is 3.25. The highest BCUT2D eigenvalue weighted by Gasteiger charge is 2.49. The SMILES string of the molecule is CC1(C)SCN(C(=O)[C@@H](O)C(N)Cc2ccccc2)C1C(=O)NCc1c(F)cccc1F. The molecule has 3 rings (SSSR count). The largest absolute Gasteiger partial charge is 0.382 e. The van der Waals surface area contributed by atoms with Crippen LogP contribution < -0.4 is 11.1 Å². The van der Waals surface area contributed by atoms with Crippen LogP contribution in [0.1, 0.15) is 25.0 Å². The van der Waals surface area contributed by atoms with Crippen molar-refractivity contribution in [3.8, 4) is 0 Å². The molecule has 4 N–H and O–H groups in total. The lowest BCUT2D eigenvalue weighted by atomic mass is 9.97. The van der Waals surface area contributed by atoms with Crippen LogP contribution in [-0.4, -0.2) is 50.6 Å². The summed E-state index contributed by atoms with van der Waals surface area (Å²) in [5, 5.41) is 13.1. The average molecular weight is 464 g/mol. The number of carbonyl (C=O) groups is 2. The van der Waals surface area contributed by atoms with E-state index >= 15 is 0 Å². The number of benzene rings is 2. The van der Waals surface area contributed by atoms with Gasteiger partial charge in [0.15, 0.2) is 0 Å². The molecule has 1 fully saturated rings. The minimum absolute atomic E-state index is 0.188. The van der Waals surface area contributed by atoms with Crippen LogP contribution in [0, 0.1) is 11.6 Å². The van der Waals surface area contributed by atoms with Crippen molar-refractivity contribution in [2.45, 2.75) is 49.7 Å². The van der Waals surface area contributed by atoms with Crippen molar-refractivity contribution in [2.24, 2.45) is 5.73 Å². The van der Waals surface area contributed by atoms with Gasteiger partial charge in [-0.2, -0.15) is 0 Å². The highest BCUT2D eigenvalue weighted by molar-refractivity contribution is 8.00. The molecular weight excluding hydrogens is 436 g/mol. The zero-order valence-electron chi connectivity index (χ0n) is 17.9. The van der Waals surface area contributed by atoms with Gasteiger partial charge in [-0.3, -0.25) is 9.59 Å². The molecule has 1 saturated heterocycles. The molecule has 6 nitrogen and oxygen atoms in total. The molecule has 1 aliphatic heterocycles. The molecule has 172 valence electrons. The van der Waals surface area contributed by atoms with Crippen molar-refractivity contribution in [1.82, 2.24) is 10.2 Å². The van der Waals surface area contributed by atoms with Gasteiger partial charge in [-0.25, -0.2) is 8.78 Å². The molecule has 0 aliphatic carbocycles. The Hall–Kier alpha value is -2.49. The van der Waals surface area contributed by atoms with Gasteiger partial charge < -0.3 is 21.1 Å². The summed E-state index contributed by atoms with van der Waals surface area (Å²) >= 11 is 1.38. The molecule has 2 aromatic carbocycles. The average Bonchev–Trinajstić information content (AvgIpc) is 3.07. The summed E-state index contributed by atoms with van der Waals surface area (Å²) in [4.78, 5) is 27.3. The van der Waals surface area contributed by atoms with Crippen LogP contribution >= 0.6 is 11.8 Å². The van der Waals surface area contributed by atoms with Gasteiger partial charge >= 0.3 is 0 Å². The second-order valence-corrected chi connectivity index (χ2v) is 9.90. The summed E-state index contributed by atoms with van der Waals surface area (Å²) in [7, 11) is 0. The highest BCUT2D eigenvalue weighted by Crippen LogP contribution is 2.39. The summed E-state index contributed by atoms with van der Waals surface area (Å²) < 4.78 is 27.1. The summed E-state index contributed by atoms with van der Waals surface area (Å²) in [6.07, 6.45) is -1.20. The Morgan fingerprint density at radius 1 is 1.19 bits per heavy atom. The first-order chi connectivity index (χ1) is 15.1. The molecular formula is C23H27F2N3O3S. The fourth-order valence-corrected chi connectivity index (χ4v) is 4.88. The molecule has 3 atom stereocenters. The van der Waals surface area contributed by atoms with Crippen LogP contribution in [0.3, 0.4) is 0 Å². The Bertz CT molecular complexity index is 954. The van der Waals surface area contributed by atoms with Gasteiger partial charge in [0.1, 0.15) is 23.8 Å². The van der Waals surface area contributed by atoms with E-state index in [-0.39, 0.29) is 18.0 Å². The number of hydrogen-bond acceptors (Lipinski definition) is 5. The Morgan fingerprint density at radius 2 is 1.81 bits per heavy atom. The number of hydrogen-bond donors (Lipinski definition) is 3. The fourth-order valence-electron chi connectivity index (χ4n) is 3.74. The smallest absolute Gasteiger partial charge is 0.254 e. The van der Waals surface area contributed by atoms with Gasteiger partial charge in [0.2, 0.25) is 5.91 Å². The topological polar surface area (TPSA) is 95.7 Å². The van der Waals surface area contributed by atoms with Gasteiger partial charge in [0.05, 0.1) is 5.88 Å². The quantitative estimate of drug-likeness (QED) is 0.585. The Labute approximate surface area is 190 Å². The van der Waals surface area contributed by atoms with Crippen molar-refractivity contribution >= 4 is 23.6 Å². The number of aliphatic hydroxyl groups excluding tert-OH is 1. The molecule has 1 aliphatic rings. The minimum atomic E-state index is -1.50. The predicted molar refractivity (Wildman–Crippen MR) is 120 cm³/mol. The second kappa shape index (κ2) is 9.97. The van der Waals surface area contributed by atoms with Gasteiger partial charge in [0, 0.05) is 22.9 Å². The molecule has 0 saturated carbocycles. The Kier molecular flexibility index (Phi) is 7.53. The maximum atomic E-state index is 13.9. The summed E-state index contributed by atoms with van der Waals surface area (Å²) in [5.41, 5.74) is 6.71. The maximum Gasteiger partial charge on any atom is 0.254 e. The molecule has 9 heteroatoms. The van der Waals surface area contributed by atoms with Crippen molar-refractivity contribution in [1.29, 1.82) is 0 Å². The lowest BCUT2D eigenvalue weighted by molar-refractivity contribution is -0.147. The molecule has 0 radical (unpaired) electrons. The number of aliphatic hydroxyl groups is 1. The first-order valence-electron chi connectivity index (χ1n) is 10.2. The Balaban J connectivity index is 1.71. The van der Waals surface area contributed by atoms with E-state index in [0.717, 1.165) is 17.7 Å². The molecule has 0 aromatic heterocycles.